The topological polar surface area (TPSA) is 99.5 Å². The van der Waals surface area contributed by atoms with E-state index < -0.39 is 0 Å². The lowest BCUT2D eigenvalue weighted by Crippen LogP contribution is -2.28. The highest BCUT2D eigenvalue weighted by Gasteiger charge is 2.31. The van der Waals surface area contributed by atoms with Crippen molar-refractivity contribution < 1.29 is 19.0 Å². The number of anilines is 2. The van der Waals surface area contributed by atoms with Crippen LogP contribution in [-0.4, -0.2) is 42.0 Å². The summed E-state index contributed by atoms with van der Waals surface area (Å²) >= 11 is 6.15. The summed E-state index contributed by atoms with van der Waals surface area (Å²) in [5.74, 6) is 2.51. The summed E-state index contributed by atoms with van der Waals surface area (Å²) in [5, 5.41) is 11.6. The van der Waals surface area contributed by atoms with Crippen molar-refractivity contribution in [3.63, 3.8) is 0 Å². The molecule has 1 amide bonds. The van der Waals surface area contributed by atoms with Gasteiger partial charge in [0.25, 0.3) is 5.95 Å². The number of nitrogens with zero attached hydrogens (tertiary/aromatic N) is 3. The highest BCUT2D eigenvalue weighted by molar-refractivity contribution is 6.30. The molecular weight excluding hydrogens is 506 g/mol. The molecule has 5 rings (SSSR count). The third-order valence-electron chi connectivity index (χ3n) is 6.53. The summed E-state index contributed by atoms with van der Waals surface area (Å²) in [6, 6.07) is 20.9. The van der Waals surface area contributed by atoms with Crippen LogP contribution in [0.25, 0.3) is 0 Å². The summed E-state index contributed by atoms with van der Waals surface area (Å²) in [7, 11) is 4.78. The van der Waals surface area contributed by atoms with Crippen LogP contribution in [0.1, 0.15) is 35.2 Å². The highest BCUT2D eigenvalue weighted by atomic mass is 35.5. The number of halogens is 1. The summed E-state index contributed by atoms with van der Waals surface area (Å²) < 4.78 is 17.7. The number of carbonyl (C=O) groups excluding carboxylic acids is 1. The van der Waals surface area contributed by atoms with E-state index in [1.165, 1.54) is 0 Å². The van der Waals surface area contributed by atoms with Gasteiger partial charge in [0.05, 0.1) is 39.8 Å². The van der Waals surface area contributed by atoms with Crippen LogP contribution >= 0.6 is 11.6 Å². The Morgan fingerprint density at radius 1 is 0.974 bits per heavy atom. The van der Waals surface area contributed by atoms with Gasteiger partial charge in [0, 0.05) is 5.02 Å². The molecule has 38 heavy (non-hydrogen) atoms. The summed E-state index contributed by atoms with van der Waals surface area (Å²) in [5.41, 5.74) is 2.92. The number of fused-ring (bicyclic) bond motifs is 1. The van der Waals surface area contributed by atoms with Gasteiger partial charge in [-0.3, -0.25) is 10.1 Å². The maximum Gasteiger partial charge on any atom is 0.250 e. The molecule has 9 nitrogen and oxygen atoms in total. The number of benzene rings is 3. The molecule has 0 radical (unpaired) electrons. The van der Waals surface area contributed by atoms with Gasteiger partial charge < -0.3 is 19.5 Å². The molecule has 0 saturated heterocycles. The van der Waals surface area contributed by atoms with E-state index in [0.717, 1.165) is 28.9 Å². The van der Waals surface area contributed by atoms with Crippen LogP contribution in [0, 0.1) is 0 Å². The number of amides is 1. The molecule has 0 bridgehead atoms. The smallest absolute Gasteiger partial charge is 0.250 e. The van der Waals surface area contributed by atoms with Gasteiger partial charge in [-0.2, -0.15) is 4.98 Å². The summed E-state index contributed by atoms with van der Waals surface area (Å²) in [6.07, 6.45) is 0.857. The van der Waals surface area contributed by atoms with Gasteiger partial charge in [0.1, 0.15) is 5.75 Å². The van der Waals surface area contributed by atoms with Crippen LogP contribution in [-0.2, 0) is 11.2 Å². The quantitative estimate of drug-likeness (QED) is 0.317. The molecule has 1 aromatic heterocycles. The first-order valence-corrected chi connectivity index (χ1v) is 12.5. The second-order valence-electron chi connectivity index (χ2n) is 8.89. The third kappa shape index (κ3) is 5.38. The Hall–Kier alpha value is -4.24. The van der Waals surface area contributed by atoms with Crippen LogP contribution in [0.4, 0.5) is 11.9 Å². The fourth-order valence-corrected chi connectivity index (χ4v) is 4.72. The van der Waals surface area contributed by atoms with Crippen LogP contribution in [0.3, 0.4) is 0 Å². The predicted octanol–water partition coefficient (Wildman–Crippen LogP) is 5.28. The first-order valence-electron chi connectivity index (χ1n) is 12.1. The molecule has 2 atom stereocenters. The van der Waals surface area contributed by atoms with Crippen molar-refractivity contribution in [2.75, 3.05) is 32.0 Å². The predicted molar refractivity (Wildman–Crippen MR) is 145 cm³/mol. The van der Waals surface area contributed by atoms with E-state index in [4.69, 9.17) is 25.8 Å². The van der Waals surface area contributed by atoms with Gasteiger partial charge >= 0.3 is 0 Å². The standard InChI is InChI=1S/C28H28ClN5O4/c1-36-21-11-7-18(8-12-21)22-16-23(19-5-9-20(29)10-6-19)34-28(30-22)32-27(33-34)31-26(35)15-17-4-13-24(37-2)25(14-17)38-3/h4-14,22-23H,15-16H2,1-3H3,(H2,30,31,32,33,35)/t22-,23+/m0/s1. The van der Waals surface area contributed by atoms with Gasteiger partial charge in [0.15, 0.2) is 11.5 Å². The Bertz CT molecular complexity index is 1420. The van der Waals surface area contributed by atoms with E-state index in [0.29, 0.717) is 22.5 Å². The second-order valence-corrected chi connectivity index (χ2v) is 9.33. The largest absolute Gasteiger partial charge is 0.497 e. The number of hydrogen-bond donors (Lipinski definition) is 2. The highest BCUT2D eigenvalue weighted by Crippen LogP contribution is 2.39. The van der Waals surface area contributed by atoms with Crippen molar-refractivity contribution in [2.24, 2.45) is 0 Å². The fourth-order valence-electron chi connectivity index (χ4n) is 4.59. The van der Waals surface area contributed by atoms with Gasteiger partial charge in [-0.05, 0) is 59.5 Å². The van der Waals surface area contributed by atoms with Crippen LogP contribution in [0.15, 0.2) is 66.7 Å². The number of carbonyl (C=O) groups is 1. The molecule has 0 fully saturated rings. The molecular formula is C28H28ClN5O4. The lowest BCUT2D eigenvalue weighted by molar-refractivity contribution is -0.115. The zero-order valence-corrected chi connectivity index (χ0v) is 22.0. The number of hydrogen-bond acceptors (Lipinski definition) is 7. The Balaban J connectivity index is 1.39. The number of rotatable bonds is 8. The number of methoxy groups -OCH3 is 3. The summed E-state index contributed by atoms with van der Waals surface area (Å²) in [4.78, 5) is 17.5. The molecule has 2 N–H and O–H groups in total. The molecule has 3 aromatic carbocycles. The van der Waals surface area contributed by atoms with Gasteiger partial charge in [0.2, 0.25) is 11.9 Å². The van der Waals surface area contributed by atoms with Crippen molar-refractivity contribution in [2.45, 2.75) is 24.9 Å². The minimum Gasteiger partial charge on any atom is -0.497 e. The van der Waals surface area contributed by atoms with Crippen LogP contribution in [0.5, 0.6) is 17.2 Å². The average Bonchev–Trinajstić information content (AvgIpc) is 3.35. The Labute approximate surface area is 225 Å². The first-order chi connectivity index (χ1) is 18.5. The average molecular weight is 534 g/mol. The lowest BCUT2D eigenvalue weighted by Gasteiger charge is -2.31. The maximum absolute atomic E-state index is 12.9. The molecule has 1 aliphatic rings. The minimum atomic E-state index is -0.241. The van der Waals surface area contributed by atoms with E-state index >= 15 is 0 Å². The number of aromatic nitrogens is 3. The van der Waals surface area contributed by atoms with E-state index in [1.54, 1.807) is 33.5 Å². The lowest BCUT2D eigenvalue weighted by atomic mass is 9.93. The molecule has 0 unspecified atom stereocenters. The monoisotopic (exact) mass is 533 g/mol. The molecule has 196 valence electrons. The molecule has 0 aliphatic carbocycles. The minimum absolute atomic E-state index is 0.0198. The zero-order valence-electron chi connectivity index (χ0n) is 21.3. The number of ether oxygens (including phenoxy) is 3. The van der Waals surface area contributed by atoms with Crippen molar-refractivity contribution in [1.29, 1.82) is 0 Å². The van der Waals surface area contributed by atoms with Crippen molar-refractivity contribution in [3.05, 3.63) is 88.4 Å². The normalized spacial score (nSPS) is 16.2. The third-order valence-corrected chi connectivity index (χ3v) is 6.78. The molecule has 0 saturated carbocycles. The molecule has 2 heterocycles. The Morgan fingerprint density at radius 2 is 1.68 bits per heavy atom. The Morgan fingerprint density at radius 3 is 2.37 bits per heavy atom. The molecule has 1 aliphatic heterocycles. The first kappa shape index (κ1) is 25.4. The Kier molecular flexibility index (Phi) is 7.37. The van der Waals surface area contributed by atoms with E-state index in [9.17, 15) is 4.79 Å². The van der Waals surface area contributed by atoms with Gasteiger partial charge in [-0.25, -0.2) is 4.68 Å². The van der Waals surface area contributed by atoms with Crippen LogP contribution in [0.2, 0.25) is 5.02 Å². The maximum atomic E-state index is 12.9. The van der Waals surface area contributed by atoms with E-state index in [-0.39, 0.29) is 30.4 Å². The number of nitrogens with one attached hydrogen (secondary N) is 2. The summed E-state index contributed by atoms with van der Waals surface area (Å²) in [6.45, 7) is 0. The van der Waals surface area contributed by atoms with Crippen molar-refractivity contribution in [3.8, 4) is 17.2 Å². The SMILES string of the molecule is COc1ccc([C@@H]2C[C@H](c3ccc(Cl)cc3)n3nc(NC(=O)Cc4ccc(OC)c(OC)c4)nc3N2)cc1. The van der Waals surface area contributed by atoms with Crippen LogP contribution < -0.4 is 24.8 Å². The molecule has 4 aromatic rings. The zero-order chi connectivity index (χ0) is 26.6. The molecule has 10 heteroatoms. The van der Waals surface area contributed by atoms with Gasteiger partial charge in [-0.15, -0.1) is 5.10 Å². The van der Waals surface area contributed by atoms with Crippen molar-refractivity contribution >= 4 is 29.4 Å². The second kappa shape index (κ2) is 11.0. The van der Waals surface area contributed by atoms with E-state index in [2.05, 4.69) is 20.7 Å². The fraction of sp³-hybridized carbons (Fsp3) is 0.250. The van der Waals surface area contributed by atoms with Gasteiger partial charge in [-0.1, -0.05) is 41.9 Å². The van der Waals surface area contributed by atoms with Crippen molar-refractivity contribution in [1.82, 2.24) is 14.8 Å². The molecule has 0 spiro atoms. The van der Waals surface area contributed by atoms with E-state index in [1.807, 2.05) is 59.3 Å².